The van der Waals surface area contributed by atoms with Gasteiger partial charge in [-0.2, -0.15) is 10.4 Å². The third-order valence-electron chi connectivity index (χ3n) is 3.72. The van der Waals surface area contributed by atoms with E-state index >= 15 is 0 Å². The molecule has 8 nitrogen and oxygen atoms in total. The van der Waals surface area contributed by atoms with Crippen molar-refractivity contribution in [3.8, 4) is 17.6 Å². The highest BCUT2D eigenvalue weighted by atomic mass is 79.9. The fourth-order valence-corrected chi connectivity index (χ4v) is 3.13. The van der Waals surface area contributed by atoms with E-state index in [1.807, 2.05) is 13.0 Å². The summed E-state index contributed by atoms with van der Waals surface area (Å²) in [7, 11) is 0. The second-order valence-electron chi connectivity index (χ2n) is 5.55. The highest BCUT2D eigenvalue weighted by Crippen LogP contribution is 2.36. The second-order valence-corrected chi connectivity index (χ2v) is 6.40. The van der Waals surface area contributed by atoms with E-state index in [-0.39, 0.29) is 6.61 Å². The topological polar surface area (TPSA) is 109 Å². The third-order valence-corrected chi connectivity index (χ3v) is 4.31. The van der Waals surface area contributed by atoms with E-state index in [0.29, 0.717) is 39.0 Å². The van der Waals surface area contributed by atoms with Crippen LogP contribution < -0.4 is 20.7 Å². The number of hydrogen-bond acceptors (Lipinski definition) is 6. The number of rotatable bonds is 6. The Kier molecular flexibility index (Phi) is 5.91. The number of nitriles is 1. The Morgan fingerprint density at radius 2 is 2.07 bits per heavy atom. The number of fused-ring (bicyclic) bond motifs is 1. The maximum atomic E-state index is 12.5. The van der Waals surface area contributed by atoms with E-state index in [2.05, 4.69) is 26.0 Å². The number of ether oxygens (including phenoxy) is 2. The van der Waals surface area contributed by atoms with Crippen molar-refractivity contribution in [2.75, 3.05) is 13.2 Å². The molecule has 0 saturated carbocycles. The van der Waals surface area contributed by atoms with Gasteiger partial charge >= 0.3 is 5.69 Å². The Labute approximate surface area is 167 Å². The lowest BCUT2D eigenvalue weighted by molar-refractivity contribution is 0.297. The molecule has 0 bridgehead atoms. The summed E-state index contributed by atoms with van der Waals surface area (Å²) in [5.74, 6) is 0.801. The molecule has 0 aliphatic carbocycles. The molecule has 0 saturated heterocycles. The predicted molar refractivity (Wildman–Crippen MR) is 108 cm³/mol. The summed E-state index contributed by atoms with van der Waals surface area (Å²) < 4.78 is 12.2. The molecule has 0 unspecified atom stereocenters. The van der Waals surface area contributed by atoms with E-state index < -0.39 is 11.2 Å². The molecule has 0 atom stereocenters. The van der Waals surface area contributed by atoms with Crippen molar-refractivity contribution in [3.63, 3.8) is 0 Å². The molecular weight excluding hydrogens is 428 g/mol. The van der Waals surface area contributed by atoms with Gasteiger partial charge in [0.25, 0.3) is 5.56 Å². The fraction of sp³-hybridized carbons (Fsp3) is 0.158. The molecule has 1 aromatic heterocycles. The molecule has 28 heavy (non-hydrogen) atoms. The molecule has 1 heterocycles. The van der Waals surface area contributed by atoms with Crippen molar-refractivity contribution < 1.29 is 9.47 Å². The molecule has 0 amide bonds. The Balaban J connectivity index is 2.03. The average molecular weight is 443 g/mol. The molecule has 1 N–H and O–H groups in total. The van der Waals surface area contributed by atoms with Crippen molar-refractivity contribution >= 4 is 33.0 Å². The van der Waals surface area contributed by atoms with Gasteiger partial charge in [-0.3, -0.25) is 4.79 Å². The minimum atomic E-state index is -0.641. The quantitative estimate of drug-likeness (QED) is 0.590. The third kappa shape index (κ3) is 3.97. The molecular formula is C19H15BrN4O4. The average Bonchev–Trinajstić information content (AvgIpc) is 2.67. The summed E-state index contributed by atoms with van der Waals surface area (Å²) in [6, 6.07) is 11.9. The van der Waals surface area contributed by atoms with Gasteiger partial charge in [0.1, 0.15) is 6.07 Å². The number of benzene rings is 2. The molecule has 2 aromatic carbocycles. The monoisotopic (exact) mass is 442 g/mol. The van der Waals surface area contributed by atoms with Gasteiger partial charge in [0.05, 0.1) is 28.2 Å². The Morgan fingerprint density at radius 1 is 1.29 bits per heavy atom. The number of hydrogen-bond donors (Lipinski definition) is 1. The highest BCUT2D eigenvalue weighted by molar-refractivity contribution is 9.10. The molecule has 3 rings (SSSR count). The molecule has 0 spiro atoms. The summed E-state index contributed by atoms with van der Waals surface area (Å²) in [5, 5.41) is 13.1. The van der Waals surface area contributed by atoms with Crippen LogP contribution in [0.25, 0.3) is 10.9 Å². The lowest BCUT2D eigenvalue weighted by Crippen LogP contribution is -2.32. The fourth-order valence-electron chi connectivity index (χ4n) is 2.55. The first-order valence-corrected chi connectivity index (χ1v) is 9.09. The molecule has 0 radical (unpaired) electrons. The summed E-state index contributed by atoms with van der Waals surface area (Å²) in [4.78, 5) is 27.3. The smallest absolute Gasteiger partial charge is 0.349 e. The number of halogens is 1. The standard InChI is InChI=1S/C19H15BrN4O4/c1-2-27-16-10-12(9-14(20)17(16)28-8-7-21)11-22-24-18(25)13-5-3-4-6-15(13)23-19(24)26/h3-6,9-11H,2,8H2,1H3,(H,23,26). The highest BCUT2D eigenvalue weighted by Gasteiger charge is 2.12. The van der Waals surface area contributed by atoms with Gasteiger partial charge in [-0.1, -0.05) is 12.1 Å². The van der Waals surface area contributed by atoms with Gasteiger partial charge in [0.2, 0.25) is 0 Å². The zero-order valence-electron chi connectivity index (χ0n) is 14.8. The van der Waals surface area contributed by atoms with Crippen LogP contribution >= 0.6 is 15.9 Å². The number of para-hydroxylation sites is 1. The first-order valence-electron chi connectivity index (χ1n) is 8.29. The minimum absolute atomic E-state index is 0.131. The Morgan fingerprint density at radius 3 is 2.82 bits per heavy atom. The molecule has 3 aromatic rings. The van der Waals surface area contributed by atoms with Crippen molar-refractivity contribution in [2.24, 2.45) is 5.10 Å². The van der Waals surface area contributed by atoms with E-state index in [9.17, 15) is 9.59 Å². The Hall–Kier alpha value is -3.38. The number of nitrogens with one attached hydrogen (secondary N) is 1. The van der Waals surface area contributed by atoms with Gasteiger partial charge in [0, 0.05) is 0 Å². The van der Waals surface area contributed by atoms with Crippen LogP contribution in [0.5, 0.6) is 11.5 Å². The molecule has 0 fully saturated rings. The molecule has 0 aliphatic heterocycles. The van der Waals surface area contributed by atoms with E-state index in [0.717, 1.165) is 4.68 Å². The summed E-state index contributed by atoms with van der Waals surface area (Å²) in [5.41, 5.74) is -0.143. The summed E-state index contributed by atoms with van der Waals surface area (Å²) >= 11 is 3.37. The van der Waals surface area contributed by atoms with Crippen LogP contribution in [0.1, 0.15) is 12.5 Å². The minimum Gasteiger partial charge on any atom is -0.490 e. The van der Waals surface area contributed by atoms with E-state index in [1.165, 1.54) is 6.21 Å². The SMILES string of the molecule is CCOc1cc(C=Nn2c(=O)[nH]c3ccccc3c2=O)cc(Br)c1OCC#N. The van der Waals surface area contributed by atoms with Crippen LogP contribution in [0, 0.1) is 11.3 Å². The van der Waals surface area contributed by atoms with Crippen LogP contribution in [0.15, 0.2) is 55.6 Å². The van der Waals surface area contributed by atoms with Gasteiger partial charge in [0.15, 0.2) is 18.1 Å². The van der Waals surface area contributed by atoms with Crippen molar-refractivity contribution in [3.05, 3.63) is 67.3 Å². The van der Waals surface area contributed by atoms with Crippen LogP contribution in [0.4, 0.5) is 0 Å². The molecule has 0 aliphatic rings. The maximum Gasteiger partial charge on any atom is 0.349 e. The first-order chi connectivity index (χ1) is 13.5. The van der Waals surface area contributed by atoms with E-state index in [1.54, 1.807) is 36.4 Å². The molecule has 142 valence electrons. The maximum absolute atomic E-state index is 12.5. The number of nitrogens with zero attached hydrogens (tertiary/aromatic N) is 3. The van der Waals surface area contributed by atoms with E-state index in [4.69, 9.17) is 14.7 Å². The number of aromatic nitrogens is 2. The van der Waals surface area contributed by atoms with Crippen molar-refractivity contribution in [1.82, 2.24) is 9.66 Å². The largest absolute Gasteiger partial charge is 0.490 e. The van der Waals surface area contributed by atoms with Crippen LogP contribution in [0.3, 0.4) is 0 Å². The van der Waals surface area contributed by atoms with Gasteiger partial charge in [-0.05, 0) is 52.7 Å². The second kappa shape index (κ2) is 8.54. The normalized spacial score (nSPS) is 10.9. The van der Waals surface area contributed by atoms with Crippen molar-refractivity contribution in [2.45, 2.75) is 6.92 Å². The van der Waals surface area contributed by atoms with Gasteiger partial charge < -0.3 is 14.5 Å². The lowest BCUT2D eigenvalue weighted by Gasteiger charge is -2.12. The number of H-pyrrole nitrogens is 1. The summed E-state index contributed by atoms with van der Waals surface area (Å²) in [6.07, 6.45) is 1.37. The first kappa shape index (κ1) is 19.4. The van der Waals surface area contributed by atoms with Crippen LogP contribution in [0.2, 0.25) is 0 Å². The number of aromatic amines is 1. The lowest BCUT2D eigenvalue weighted by atomic mass is 10.2. The Bertz CT molecular complexity index is 1210. The van der Waals surface area contributed by atoms with Crippen LogP contribution in [-0.4, -0.2) is 29.1 Å². The summed E-state index contributed by atoms with van der Waals surface area (Å²) in [6.45, 7) is 2.07. The van der Waals surface area contributed by atoms with Gasteiger partial charge in [-0.25, -0.2) is 4.79 Å². The predicted octanol–water partition coefficient (Wildman–Crippen LogP) is 2.64. The van der Waals surface area contributed by atoms with Crippen molar-refractivity contribution in [1.29, 1.82) is 5.26 Å². The van der Waals surface area contributed by atoms with Crippen LogP contribution in [-0.2, 0) is 0 Å². The zero-order valence-corrected chi connectivity index (χ0v) is 16.4. The zero-order chi connectivity index (χ0) is 20.1. The molecule has 9 heteroatoms. The van der Waals surface area contributed by atoms with Gasteiger partial charge in [-0.15, -0.1) is 4.68 Å².